The maximum atomic E-state index is 12.5. The summed E-state index contributed by atoms with van der Waals surface area (Å²) in [5.74, 6) is 0.941. The number of ketones is 2. The maximum absolute atomic E-state index is 12.5. The van der Waals surface area contributed by atoms with Gasteiger partial charge in [0.05, 0.1) is 6.61 Å². The summed E-state index contributed by atoms with van der Waals surface area (Å²) in [7, 11) is 0. The Morgan fingerprint density at radius 3 is 1.88 bits per heavy atom. The van der Waals surface area contributed by atoms with Crippen molar-refractivity contribution in [1.29, 1.82) is 0 Å². The van der Waals surface area contributed by atoms with Crippen molar-refractivity contribution >= 4 is 35.7 Å². The summed E-state index contributed by atoms with van der Waals surface area (Å²) in [4.78, 5) is 49.1. The second kappa shape index (κ2) is 18.3. The van der Waals surface area contributed by atoms with Gasteiger partial charge in [0.25, 0.3) is 0 Å². The first-order valence-corrected chi connectivity index (χ1v) is 19.0. The molecule has 1 fully saturated rings. The third-order valence-corrected chi connectivity index (χ3v) is 11.1. The molecule has 48 heavy (non-hydrogen) atoms. The Morgan fingerprint density at radius 2 is 1.38 bits per heavy atom. The van der Waals surface area contributed by atoms with Crippen LogP contribution < -0.4 is 30.7 Å². The Labute approximate surface area is 295 Å². The van der Waals surface area contributed by atoms with E-state index in [-0.39, 0.29) is 67.6 Å². The van der Waals surface area contributed by atoms with Crippen LogP contribution in [0.4, 0.5) is 0 Å². The van der Waals surface area contributed by atoms with Crippen LogP contribution in [0.2, 0.25) is 0 Å². The summed E-state index contributed by atoms with van der Waals surface area (Å²) in [6.07, 6.45) is 7.64. The molecule has 262 valence electrons. The van der Waals surface area contributed by atoms with Crippen LogP contribution in [0.1, 0.15) is 89.5 Å². The van der Waals surface area contributed by atoms with Crippen molar-refractivity contribution in [3.05, 3.63) is 70.8 Å². The zero-order chi connectivity index (χ0) is 35.4. The van der Waals surface area contributed by atoms with Gasteiger partial charge < -0.3 is 9.47 Å². The fraction of sp³-hybridized carbons (Fsp3) is 0.487. The van der Waals surface area contributed by atoms with E-state index >= 15 is 0 Å². The molecule has 1 aliphatic heterocycles. The zero-order valence-electron chi connectivity index (χ0n) is 29.5. The molecule has 1 aliphatic rings. The molecule has 0 aliphatic carbocycles. The predicted molar refractivity (Wildman–Crippen MR) is 184 cm³/mol. The molecule has 0 spiro atoms. The summed E-state index contributed by atoms with van der Waals surface area (Å²) < 4.78 is 23.2. The van der Waals surface area contributed by atoms with Crippen LogP contribution >= 0.6 is 0 Å². The normalized spacial score (nSPS) is 16.8. The summed E-state index contributed by atoms with van der Waals surface area (Å²) in [6, 6.07) is 11.3. The van der Waals surface area contributed by atoms with E-state index in [1.54, 1.807) is 12.2 Å². The van der Waals surface area contributed by atoms with Gasteiger partial charge in [0.1, 0.15) is 11.4 Å². The van der Waals surface area contributed by atoms with E-state index in [0.29, 0.717) is 35.2 Å². The van der Waals surface area contributed by atoms with Crippen LogP contribution in [0.5, 0.6) is 11.5 Å². The van der Waals surface area contributed by atoms with E-state index in [0.717, 1.165) is 34.4 Å². The maximum Gasteiger partial charge on any atom is 0.306 e. The third-order valence-electron chi connectivity index (χ3n) is 7.54. The van der Waals surface area contributed by atoms with Crippen LogP contribution in [-0.2, 0) is 28.7 Å². The molecular weight excluding hydrogens is 723 g/mol. The molecule has 8 nitrogen and oxygen atoms in total. The number of benzene rings is 2. The fourth-order valence-corrected chi connectivity index (χ4v) is 7.00. The largest absolute Gasteiger partial charge is 0.493 e. The van der Waals surface area contributed by atoms with E-state index < -0.39 is 5.60 Å². The second-order valence-corrected chi connectivity index (χ2v) is 17.1. The Hall–Kier alpha value is -3.47. The summed E-state index contributed by atoms with van der Waals surface area (Å²) in [6.45, 7) is 16.4. The second-order valence-electron chi connectivity index (χ2n) is 13.4. The molecule has 0 amide bonds. The Morgan fingerprint density at radius 1 is 0.833 bits per heavy atom. The summed E-state index contributed by atoms with van der Waals surface area (Å²) in [5.41, 5.74) is 3.01. The third kappa shape index (κ3) is 13.9. The molecule has 1 heterocycles. The predicted octanol–water partition coefficient (Wildman–Crippen LogP) is 4.26. The number of carbonyl (C=O) groups excluding carboxylic acids is 4. The molecule has 2 aromatic carbocycles. The van der Waals surface area contributed by atoms with Gasteiger partial charge in [0, 0.05) is 6.42 Å². The van der Waals surface area contributed by atoms with Gasteiger partial charge in [-0.1, -0.05) is 12.1 Å². The van der Waals surface area contributed by atoms with Gasteiger partial charge in [0.2, 0.25) is 0 Å². The first-order chi connectivity index (χ1) is 22.6. The molecule has 9 heteroatoms. The number of alkyl halides is 2. The number of aryl methyl sites for hydroxylation is 2. The molecule has 0 aromatic heterocycles. The number of ether oxygens (including phenoxy) is 4. The van der Waals surface area contributed by atoms with Gasteiger partial charge >= 0.3 is 172 Å². The minimum absolute atomic E-state index is 0.0498. The van der Waals surface area contributed by atoms with Crippen LogP contribution in [-0.4, -0.2) is 56.3 Å². The van der Waals surface area contributed by atoms with Crippen LogP contribution in [0.25, 0.3) is 12.2 Å². The average molecular weight is 774 g/mol. The number of allylic oxidation sites excluding steroid dienone is 2. The molecule has 0 radical (unpaired) electrons. The molecule has 1 saturated heterocycles. The van der Waals surface area contributed by atoms with Crippen molar-refractivity contribution in [2.75, 3.05) is 13.2 Å². The SMILES string of the molecule is Cc1cc(/C=C/C(=O)CC(=O)/C=C/c2ccc(OCCC3[I-]C3C(=O)OC(C)C(C)C)c(C)c2)ccc1OCCCC(=O)OC(C)(C)C. The monoisotopic (exact) mass is 773 g/mol. The van der Waals surface area contributed by atoms with E-state index in [1.165, 1.54) is 12.2 Å². The van der Waals surface area contributed by atoms with Crippen molar-refractivity contribution in [2.45, 2.75) is 101 Å². The standard InChI is InChI=1S/C39H50IO8/c1-25(2)28(5)47-38(44)37-33(40-37)19-21-46-35-18-14-30(23-27(35)4)12-16-32(42)24-31(41)15-11-29-13-17-34(26(3)22-29)45-20-9-10-36(43)48-39(6,7)8/h11-18,22-23,25,28,33,37H,9-10,19-21,24H2,1-8H3/q-1/b15-11+,16-12+. The van der Waals surface area contributed by atoms with Crippen LogP contribution in [0.15, 0.2) is 48.6 Å². The minimum atomic E-state index is -0.498. The smallest absolute Gasteiger partial charge is 0.306 e. The van der Waals surface area contributed by atoms with Gasteiger partial charge in [0.15, 0.2) is 5.78 Å². The minimum Gasteiger partial charge on any atom is -0.493 e. The number of halogens is 1. The van der Waals surface area contributed by atoms with Gasteiger partial charge in [-0.2, -0.15) is 0 Å². The first kappa shape index (κ1) is 39.0. The topological polar surface area (TPSA) is 105 Å². The van der Waals surface area contributed by atoms with Gasteiger partial charge in [-0.15, -0.1) is 0 Å². The van der Waals surface area contributed by atoms with Gasteiger partial charge in [-0.3, -0.25) is 9.59 Å². The Balaban J connectivity index is 1.38. The number of esters is 2. The molecule has 0 bridgehead atoms. The van der Waals surface area contributed by atoms with E-state index in [2.05, 4.69) is 13.8 Å². The number of hydrogen-bond donors (Lipinski definition) is 0. The molecule has 3 unspecified atom stereocenters. The van der Waals surface area contributed by atoms with Crippen molar-refractivity contribution in [3.8, 4) is 11.5 Å². The molecule has 3 atom stereocenters. The van der Waals surface area contributed by atoms with Gasteiger partial charge in [-0.25, -0.2) is 0 Å². The fourth-order valence-electron chi connectivity index (χ4n) is 4.54. The zero-order valence-corrected chi connectivity index (χ0v) is 31.6. The summed E-state index contributed by atoms with van der Waals surface area (Å²) >= 11 is -0.163. The van der Waals surface area contributed by atoms with E-state index in [9.17, 15) is 19.2 Å². The Kier molecular flexibility index (Phi) is 14.9. The molecule has 0 saturated carbocycles. The number of rotatable bonds is 18. The summed E-state index contributed by atoms with van der Waals surface area (Å²) in [5, 5.41) is 0. The van der Waals surface area contributed by atoms with Crippen molar-refractivity contribution in [1.82, 2.24) is 0 Å². The molecule has 2 aromatic rings. The van der Waals surface area contributed by atoms with Crippen LogP contribution in [0, 0.1) is 19.8 Å². The van der Waals surface area contributed by atoms with Crippen molar-refractivity contribution in [3.63, 3.8) is 0 Å². The van der Waals surface area contributed by atoms with E-state index in [4.69, 9.17) is 18.9 Å². The molecule has 3 rings (SSSR count). The molecule has 0 N–H and O–H groups in total. The number of carbonyl (C=O) groups is 4. The quantitative estimate of drug-likeness (QED) is 0.0554. The number of hydrogen-bond acceptors (Lipinski definition) is 8. The van der Waals surface area contributed by atoms with Crippen LogP contribution in [0.3, 0.4) is 0 Å². The van der Waals surface area contributed by atoms with Gasteiger partial charge in [-0.05, 0) is 63.5 Å². The average Bonchev–Trinajstić information content (AvgIpc) is 3.78. The van der Waals surface area contributed by atoms with E-state index in [1.807, 2.05) is 77.9 Å². The molecular formula is C39H50IO8-. The first-order valence-electron chi connectivity index (χ1n) is 16.5. The van der Waals surface area contributed by atoms with Crippen molar-refractivity contribution < 1.29 is 59.3 Å². The van der Waals surface area contributed by atoms with Crippen molar-refractivity contribution in [2.24, 2.45) is 5.92 Å². The Bertz CT molecular complexity index is 1500.